The number of thioether (sulfide) groups is 1. The summed E-state index contributed by atoms with van der Waals surface area (Å²) in [4.78, 5) is 24.3. The summed E-state index contributed by atoms with van der Waals surface area (Å²) >= 11 is 1.15. The number of carbonyl (C=O) groups is 2. The van der Waals surface area contributed by atoms with Gasteiger partial charge < -0.3 is 14.8 Å². The molecule has 11 heteroatoms. The minimum Gasteiger partial charge on any atom is -0.490 e. The molecule has 0 atom stereocenters. The Bertz CT molecular complexity index is 1060. The van der Waals surface area contributed by atoms with E-state index in [1.54, 1.807) is 22.9 Å². The molecule has 10 nitrogen and oxygen atoms in total. The molecule has 2 N–H and O–H groups in total. The number of nitrogens with zero attached hydrogens (tertiary/aromatic N) is 4. The topological polar surface area (TPSA) is 120 Å². The highest BCUT2D eigenvalue weighted by atomic mass is 32.2. The molecule has 2 aromatic carbocycles. The Morgan fingerprint density at radius 2 is 1.87 bits per heavy atom. The highest BCUT2D eigenvalue weighted by Crippen LogP contribution is 2.32. The summed E-state index contributed by atoms with van der Waals surface area (Å²) in [5.74, 6) is 0.710. The third kappa shape index (κ3) is 5.72. The van der Waals surface area contributed by atoms with Gasteiger partial charge in [-0.3, -0.25) is 10.1 Å². The van der Waals surface area contributed by atoms with Crippen molar-refractivity contribution in [2.75, 3.05) is 24.3 Å². The molecule has 0 unspecified atom stereocenters. The fraction of sp³-hybridized carbons (Fsp3) is 0.250. The predicted octanol–water partition coefficient (Wildman–Crippen LogP) is 2.32. The number of benzene rings is 2. The van der Waals surface area contributed by atoms with Crippen molar-refractivity contribution in [2.24, 2.45) is 0 Å². The van der Waals surface area contributed by atoms with E-state index in [1.165, 1.54) is 0 Å². The van der Waals surface area contributed by atoms with Crippen LogP contribution >= 0.6 is 11.8 Å². The van der Waals surface area contributed by atoms with Crippen molar-refractivity contribution in [2.45, 2.75) is 18.1 Å². The number of hydrogen-bond donors (Lipinski definition) is 2. The molecule has 4 rings (SSSR count). The molecule has 0 bridgehead atoms. The standard InChI is InChI=1S/C20H20N6O4S/c27-18(13-31-20-23-24-25-26(20)12-14-5-2-1-3-6-14)22-19(28)21-15-7-8-16-17(11-15)30-10-4-9-29-16/h1-3,5-8,11H,4,9-10,12-13H2,(H2,21,22,27,28). The number of ether oxygens (including phenoxy) is 2. The highest BCUT2D eigenvalue weighted by molar-refractivity contribution is 7.99. The van der Waals surface area contributed by atoms with Crippen LogP contribution in [0.15, 0.2) is 53.7 Å². The number of amides is 3. The van der Waals surface area contributed by atoms with Crippen LogP contribution < -0.4 is 20.1 Å². The van der Waals surface area contributed by atoms with Crippen LogP contribution in [-0.4, -0.2) is 51.1 Å². The molecule has 3 aromatic rings. The average Bonchev–Trinajstić information content (AvgIpc) is 3.07. The van der Waals surface area contributed by atoms with Crippen molar-refractivity contribution in [3.8, 4) is 11.5 Å². The van der Waals surface area contributed by atoms with E-state index in [-0.39, 0.29) is 5.75 Å². The first-order valence-corrected chi connectivity index (χ1v) is 10.6. The molecule has 3 amide bonds. The van der Waals surface area contributed by atoms with Gasteiger partial charge in [-0.15, -0.1) is 5.10 Å². The second-order valence-corrected chi connectivity index (χ2v) is 7.55. The Morgan fingerprint density at radius 3 is 2.71 bits per heavy atom. The molecule has 0 fully saturated rings. The summed E-state index contributed by atoms with van der Waals surface area (Å²) < 4.78 is 12.8. The molecule has 2 heterocycles. The van der Waals surface area contributed by atoms with Gasteiger partial charge in [-0.25, -0.2) is 9.48 Å². The Balaban J connectivity index is 1.27. The fourth-order valence-electron chi connectivity index (χ4n) is 2.85. The van der Waals surface area contributed by atoms with Gasteiger partial charge in [0.2, 0.25) is 11.1 Å². The molecule has 0 saturated heterocycles. The Hall–Kier alpha value is -3.60. The number of anilines is 1. The summed E-state index contributed by atoms with van der Waals surface area (Å²) in [6.45, 7) is 1.62. The summed E-state index contributed by atoms with van der Waals surface area (Å²) in [5, 5.41) is 17.0. The highest BCUT2D eigenvalue weighted by Gasteiger charge is 2.15. The van der Waals surface area contributed by atoms with E-state index < -0.39 is 11.9 Å². The lowest BCUT2D eigenvalue weighted by Crippen LogP contribution is -2.35. The SMILES string of the molecule is O=C(CSc1nnnn1Cc1ccccc1)NC(=O)Nc1ccc2c(c1)OCCCO2. The number of carbonyl (C=O) groups excluding carboxylic acids is 2. The van der Waals surface area contributed by atoms with Gasteiger partial charge in [0.05, 0.1) is 25.5 Å². The maximum absolute atomic E-state index is 12.2. The van der Waals surface area contributed by atoms with E-state index in [0.29, 0.717) is 42.1 Å². The summed E-state index contributed by atoms with van der Waals surface area (Å²) in [6.07, 6.45) is 0.790. The van der Waals surface area contributed by atoms with E-state index >= 15 is 0 Å². The normalized spacial score (nSPS) is 12.6. The molecule has 160 valence electrons. The van der Waals surface area contributed by atoms with Crippen LogP contribution in [0.3, 0.4) is 0 Å². The third-order valence-electron chi connectivity index (χ3n) is 4.26. The number of fused-ring (bicyclic) bond motifs is 1. The van der Waals surface area contributed by atoms with Crippen molar-refractivity contribution in [3.63, 3.8) is 0 Å². The van der Waals surface area contributed by atoms with Crippen LogP contribution in [0, 0.1) is 0 Å². The van der Waals surface area contributed by atoms with Crippen LogP contribution in [0.4, 0.5) is 10.5 Å². The minimum atomic E-state index is -0.635. The second-order valence-electron chi connectivity index (χ2n) is 6.61. The van der Waals surface area contributed by atoms with Crippen molar-refractivity contribution >= 4 is 29.4 Å². The largest absolute Gasteiger partial charge is 0.490 e. The van der Waals surface area contributed by atoms with Gasteiger partial charge in [0.1, 0.15) is 0 Å². The van der Waals surface area contributed by atoms with Gasteiger partial charge in [-0.2, -0.15) is 0 Å². The first-order valence-electron chi connectivity index (χ1n) is 9.61. The lowest BCUT2D eigenvalue weighted by Gasteiger charge is -2.10. The molecule has 1 aromatic heterocycles. The summed E-state index contributed by atoms with van der Waals surface area (Å²) in [7, 11) is 0. The van der Waals surface area contributed by atoms with Crippen LogP contribution in [0.5, 0.6) is 11.5 Å². The molecule has 0 saturated carbocycles. The summed E-state index contributed by atoms with van der Waals surface area (Å²) in [5.41, 5.74) is 1.53. The predicted molar refractivity (Wildman–Crippen MR) is 113 cm³/mol. The van der Waals surface area contributed by atoms with Crippen molar-refractivity contribution in [1.82, 2.24) is 25.5 Å². The zero-order valence-electron chi connectivity index (χ0n) is 16.5. The Labute approximate surface area is 182 Å². The van der Waals surface area contributed by atoms with Gasteiger partial charge in [0.25, 0.3) is 0 Å². The first-order chi connectivity index (χ1) is 15.2. The van der Waals surface area contributed by atoms with Gasteiger partial charge in [0, 0.05) is 18.2 Å². The van der Waals surface area contributed by atoms with Crippen molar-refractivity contribution < 1.29 is 19.1 Å². The Kier molecular flexibility index (Phi) is 6.62. The van der Waals surface area contributed by atoms with E-state index in [0.717, 1.165) is 23.7 Å². The third-order valence-corrected chi connectivity index (χ3v) is 5.22. The molecule has 0 spiro atoms. The minimum absolute atomic E-state index is 0.0102. The number of nitrogens with one attached hydrogen (secondary N) is 2. The van der Waals surface area contributed by atoms with Crippen molar-refractivity contribution in [1.29, 1.82) is 0 Å². The molecule has 1 aliphatic heterocycles. The lowest BCUT2D eigenvalue weighted by molar-refractivity contribution is -0.117. The number of hydrogen-bond acceptors (Lipinski definition) is 8. The van der Waals surface area contributed by atoms with Crippen molar-refractivity contribution in [3.05, 3.63) is 54.1 Å². The number of imide groups is 1. The Morgan fingerprint density at radius 1 is 1.06 bits per heavy atom. The number of tetrazole rings is 1. The number of urea groups is 1. The monoisotopic (exact) mass is 440 g/mol. The second kappa shape index (κ2) is 9.94. The average molecular weight is 440 g/mol. The van der Waals surface area contributed by atoms with Crippen LogP contribution in [0.25, 0.3) is 0 Å². The quantitative estimate of drug-likeness (QED) is 0.561. The lowest BCUT2D eigenvalue weighted by atomic mass is 10.2. The smallest absolute Gasteiger partial charge is 0.325 e. The maximum atomic E-state index is 12.2. The zero-order chi connectivity index (χ0) is 21.5. The van der Waals surface area contributed by atoms with Crippen LogP contribution in [0.1, 0.15) is 12.0 Å². The van der Waals surface area contributed by atoms with Gasteiger partial charge in [-0.1, -0.05) is 42.1 Å². The number of rotatable bonds is 6. The summed E-state index contributed by atoms with van der Waals surface area (Å²) in [6, 6.07) is 14.2. The molecule has 1 aliphatic rings. The maximum Gasteiger partial charge on any atom is 0.325 e. The van der Waals surface area contributed by atoms with E-state index in [4.69, 9.17) is 9.47 Å². The van der Waals surface area contributed by atoms with E-state index in [2.05, 4.69) is 26.2 Å². The molecular formula is C20H20N6O4S. The van der Waals surface area contributed by atoms with Crippen LogP contribution in [-0.2, 0) is 11.3 Å². The number of aromatic nitrogens is 4. The van der Waals surface area contributed by atoms with Gasteiger partial charge in [0.15, 0.2) is 11.5 Å². The van der Waals surface area contributed by atoms with Gasteiger partial charge in [-0.05, 0) is 28.1 Å². The van der Waals surface area contributed by atoms with E-state index in [9.17, 15) is 9.59 Å². The first kappa shape index (κ1) is 20.7. The van der Waals surface area contributed by atoms with Crippen LogP contribution in [0.2, 0.25) is 0 Å². The van der Waals surface area contributed by atoms with Gasteiger partial charge >= 0.3 is 6.03 Å². The zero-order valence-corrected chi connectivity index (χ0v) is 17.3. The molecular weight excluding hydrogens is 420 g/mol. The van der Waals surface area contributed by atoms with E-state index in [1.807, 2.05) is 30.3 Å². The fourth-order valence-corrected chi connectivity index (χ4v) is 3.53. The molecule has 31 heavy (non-hydrogen) atoms. The molecule has 0 aliphatic carbocycles. The molecule has 0 radical (unpaired) electrons.